The Morgan fingerprint density at radius 3 is 2.68 bits per heavy atom. The molecule has 2 atom stereocenters. The lowest BCUT2D eigenvalue weighted by atomic mass is 10.1. The topological polar surface area (TPSA) is 64.7 Å². The maximum Gasteiger partial charge on any atom is 0.315 e. The Balaban J connectivity index is 2.36. The number of likely N-dealkylation sites (N-methyl/N-ethyl adjacent to an activating group) is 2. The zero-order valence-electron chi connectivity index (χ0n) is 12.4. The van der Waals surface area contributed by atoms with Crippen molar-refractivity contribution in [3.05, 3.63) is 0 Å². The van der Waals surface area contributed by atoms with E-state index in [0.717, 1.165) is 32.5 Å². The summed E-state index contributed by atoms with van der Waals surface area (Å²) < 4.78 is 0. The number of nitrogens with one attached hydrogen (secondary N) is 2. The van der Waals surface area contributed by atoms with Crippen LogP contribution in [-0.2, 0) is 4.79 Å². The maximum absolute atomic E-state index is 11.8. The van der Waals surface area contributed by atoms with Gasteiger partial charge in [-0.15, -0.1) is 0 Å². The van der Waals surface area contributed by atoms with Crippen LogP contribution in [0.3, 0.4) is 0 Å². The number of nitrogens with zero attached hydrogens (tertiary/aromatic N) is 2. The third-order valence-corrected chi connectivity index (χ3v) is 3.45. The van der Waals surface area contributed by atoms with Crippen molar-refractivity contribution in [1.82, 2.24) is 20.4 Å². The fourth-order valence-electron chi connectivity index (χ4n) is 2.33. The molecule has 0 spiro atoms. The van der Waals surface area contributed by atoms with Crippen molar-refractivity contribution in [3.8, 4) is 0 Å². The SMILES string of the molecule is CCN1CCC[C@H](NC(=O)N[C@@H](C)C(=O)N(C)C)C1. The highest BCUT2D eigenvalue weighted by Crippen LogP contribution is 2.09. The summed E-state index contributed by atoms with van der Waals surface area (Å²) in [5, 5.41) is 5.63. The van der Waals surface area contributed by atoms with Gasteiger partial charge in [-0.1, -0.05) is 6.92 Å². The van der Waals surface area contributed by atoms with E-state index in [4.69, 9.17) is 0 Å². The van der Waals surface area contributed by atoms with Crippen LogP contribution in [0.4, 0.5) is 4.79 Å². The minimum absolute atomic E-state index is 0.103. The first-order chi connectivity index (χ1) is 8.93. The van der Waals surface area contributed by atoms with E-state index in [1.807, 2.05) is 0 Å². The van der Waals surface area contributed by atoms with Gasteiger partial charge in [0.05, 0.1) is 0 Å². The predicted octanol–water partition coefficient (Wildman–Crippen LogP) is 0.247. The molecule has 0 bridgehead atoms. The second-order valence-corrected chi connectivity index (χ2v) is 5.30. The zero-order chi connectivity index (χ0) is 14.4. The van der Waals surface area contributed by atoms with Crippen LogP contribution in [0.2, 0.25) is 0 Å². The molecule has 110 valence electrons. The molecular weight excluding hydrogens is 244 g/mol. The smallest absolute Gasteiger partial charge is 0.315 e. The van der Waals surface area contributed by atoms with Crippen molar-refractivity contribution in [2.24, 2.45) is 0 Å². The Kier molecular flexibility index (Phi) is 6.08. The average molecular weight is 270 g/mol. The summed E-state index contributed by atoms with van der Waals surface area (Å²) in [5.41, 5.74) is 0. The Labute approximate surface area is 115 Å². The first kappa shape index (κ1) is 15.8. The number of hydrogen-bond donors (Lipinski definition) is 2. The Hall–Kier alpha value is -1.30. The monoisotopic (exact) mass is 270 g/mol. The number of rotatable bonds is 4. The number of carbonyl (C=O) groups excluding carboxylic acids is 2. The van der Waals surface area contributed by atoms with E-state index in [1.165, 1.54) is 4.90 Å². The Bertz CT molecular complexity index is 320. The summed E-state index contributed by atoms with van der Waals surface area (Å²) in [4.78, 5) is 27.3. The van der Waals surface area contributed by atoms with Crippen LogP contribution < -0.4 is 10.6 Å². The molecule has 1 aliphatic heterocycles. The van der Waals surface area contributed by atoms with Crippen LogP contribution in [-0.4, -0.2) is 67.6 Å². The van der Waals surface area contributed by atoms with Gasteiger partial charge in [0.2, 0.25) is 5.91 Å². The molecule has 0 saturated carbocycles. The minimum Gasteiger partial charge on any atom is -0.347 e. The lowest BCUT2D eigenvalue weighted by Crippen LogP contribution is -2.54. The number of piperidine rings is 1. The van der Waals surface area contributed by atoms with Crippen molar-refractivity contribution >= 4 is 11.9 Å². The third kappa shape index (κ3) is 5.06. The lowest BCUT2D eigenvalue weighted by Gasteiger charge is -2.32. The molecule has 19 heavy (non-hydrogen) atoms. The van der Waals surface area contributed by atoms with E-state index < -0.39 is 6.04 Å². The van der Waals surface area contributed by atoms with E-state index in [0.29, 0.717) is 0 Å². The first-order valence-corrected chi connectivity index (χ1v) is 6.94. The summed E-state index contributed by atoms with van der Waals surface area (Å²) in [5.74, 6) is -0.103. The largest absolute Gasteiger partial charge is 0.347 e. The van der Waals surface area contributed by atoms with Gasteiger partial charge in [0.15, 0.2) is 0 Å². The molecule has 1 aliphatic rings. The summed E-state index contributed by atoms with van der Waals surface area (Å²) in [6.07, 6.45) is 2.10. The number of likely N-dealkylation sites (tertiary alicyclic amines) is 1. The van der Waals surface area contributed by atoms with Crippen LogP contribution in [0, 0.1) is 0 Å². The molecular formula is C13H26N4O2. The van der Waals surface area contributed by atoms with Gasteiger partial charge in [0.25, 0.3) is 0 Å². The van der Waals surface area contributed by atoms with Crippen LogP contribution in [0.25, 0.3) is 0 Å². The molecule has 1 saturated heterocycles. The second-order valence-electron chi connectivity index (χ2n) is 5.30. The fourth-order valence-corrected chi connectivity index (χ4v) is 2.33. The van der Waals surface area contributed by atoms with Gasteiger partial charge in [0, 0.05) is 26.7 Å². The third-order valence-electron chi connectivity index (χ3n) is 3.45. The van der Waals surface area contributed by atoms with Crippen molar-refractivity contribution in [3.63, 3.8) is 0 Å². The van der Waals surface area contributed by atoms with E-state index >= 15 is 0 Å². The summed E-state index contributed by atoms with van der Waals surface area (Å²) in [7, 11) is 3.36. The Morgan fingerprint density at radius 1 is 1.42 bits per heavy atom. The first-order valence-electron chi connectivity index (χ1n) is 6.94. The molecule has 1 rings (SSSR count). The highest BCUT2D eigenvalue weighted by molar-refractivity contribution is 5.86. The highest BCUT2D eigenvalue weighted by Gasteiger charge is 2.22. The van der Waals surface area contributed by atoms with Gasteiger partial charge < -0.3 is 20.4 Å². The standard InChI is InChI=1S/C13H26N4O2/c1-5-17-8-6-7-11(9-17)15-13(19)14-10(2)12(18)16(3)4/h10-11H,5-9H2,1-4H3,(H2,14,15,19)/t10-,11-/m0/s1. The molecule has 6 heteroatoms. The van der Waals surface area contributed by atoms with Crippen molar-refractivity contribution in [2.75, 3.05) is 33.7 Å². The van der Waals surface area contributed by atoms with E-state index in [9.17, 15) is 9.59 Å². The summed E-state index contributed by atoms with van der Waals surface area (Å²) in [6.45, 7) is 6.82. The van der Waals surface area contributed by atoms with E-state index in [1.54, 1.807) is 21.0 Å². The van der Waals surface area contributed by atoms with Gasteiger partial charge in [-0.25, -0.2) is 4.79 Å². The maximum atomic E-state index is 11.8. The quantitative estimate of drug-likeness (QED) is 0.769. The molecule has 0 unspecified atom stereocenters. The molecule has 0 radical (unpaired) electrons. The summed E-state index contributed by atoms with van der Waals surface area (Å²) >= 11 is 0. The molecule has 1 heterocycles. The molecule has 0 aliphatic carbocycles. The van der Waals surface area contributed by atoms with Gasteiger partial charge >= 0.3 is 6.03 Å². The van der Waals surface area contributed by atoms with Crippen molar-refractivity contribution in [1.29, 1.82) is 0 Å². The van der Waals surface area contributed by atoms with Crippen LogP contribution in [0.5, 0.6) is 0 Å². The van der Waals surface area contributed by atoms with Crippen molar-refractivity contribution < 1.29 is 9.59 Å². The molecule has 0 aromatic heterocycles. The van der Waals surface area contributed by atoms with Crippen LogP contribution in [0.1, 0.15) is 26.7 Å². The van der Waals surface area contributed by atoms with Gasteiger partial charge in [-0.3, -0.25) is 4.79 Å². The minimum atomic E-state index is -0.499. The fraction of sp³-hybridized carbons (Fsp3) is 0.846. The van der Waals surface area contributed by atoms with Crippen LogP contribution in [0.15, 0.2) is 0 Å². The second kappa shape index (κ2) is 7.33. The molecule has 3 amide bonds. The van der Waals surface area contributed by atoms with Crippen LogP contribution >= 0.6 is 0 Å². The molecule has 0 aromatic carbocycles. The number of hydrogen-bond acceptors (Lipinski definition) is 3. The molecule has 6 nitrogen and oxygen atoms in total. The zero-order valence-corrected chi connectivity index (χ0v) is 12.4. The average Bonchev–Trinajstić information content (AvgIpc) is 2.37. The summed E-state index contributed by atoms with van der Waals surface area (Å²) in [6, 6.07) is -0.582. The van der Waals surface area contributed by atoms with Crippen molar-refractivity contribution in [2.45, 2.75) is 38.8 Å². The lowest BCUT2D eigenvalue weighted by molar-refractivity contribution is -0.130. The number of carbonyl (C=O) groups is 2. The molecule has 0 aromatic rings. The molecule has 2 N–H and O–H groups in total. The van der Waals surface area contributed by atoms with Gasteiger partial charge in [-0.2, -0.15) is 0 Å². The predicted molar refractivity (Wildman–Crippen MR) is 75.0 cm³/mol. The van der Waals surface area contributed by atoms with Gasteiger partial charge in [0.1, 0.15) is 6.04 Å². The molecule has 1 fully saturated rings. The Morgan fingerprint density at radius 2 is 2.11 bits per heavy atom. The number of urea groups is 1. The number of amides is 3. The van der Waals surface area contributed by atoms with Gasteiger partial charge in [-0.05, 0) is 32.9 Å². The normalized spacial score (nSPS) is 21.6. The van der Waals surface area contributed by atoms with E-state index in [-0.39, 0.29) is 18.0 Å². The highest BCUT2D eigenvalue weighted by atomic mass is 16.2. The van der Waals surface area contributed by atoms with E-state index in [2.05, 4.69) is 22.5 Å².